The molecule has 1 aliphatic heterocycles. The molecule has 28 heavy (non-hydrogen) atoms. The van der Waals surface area contributed by atoms with Crippen LogP contribution in [0.2, 0.25) is 0 Å². The first kappa shape index (κ1) is 20.5. The lowest BCUT2D eigenvalue weighted by molar-refractivity contribution is -0.153. The first-order valence-electron chi connectivity index (χ1n) is 8.44. The molecule has 1 fully saturated rings. The molecule has 1 aliphatic rings. The van der Waals surface area contributed by atoms with Crippen molar-refractivity contribution in [2.75, 3.05) is 6.61 Å². The number of carbonyl (C=O) groups excluding carboxylic acids is 2. The fourth-order valence-electron chi connectivity index (χ4n) is 2.98. The van der Waals surface area contributed by atoms with Crippen LogP contribution in [0.5, 0.6) is 0 Å². The van der Waals surface area contributed by atoms with Gasteiger partial charge >= 0.3 is 5.97 Å². The Bertz CT molecular complexity index is 986. The van der Waals surface area contributed by atoms with E-state index in [1.165, 1.54) is 10.9 Å². The van der Waals surface area contributed by atoms with Crippen LogP contribution < -0.4 is 11.2 Å². The third kappa shape index (κ3) is 3.43. The highest BCUT2D eigenvalue weighted by Crippen LogP contribution is 2.33. The summed E-state index contributed by atoms with van der Waals surface area (Å²) in [6, 6.07) is 0. The molecule has 0 spiro atoms. The van der Waals surface area contributed by atoms with Crippen molar-refractivity contribution in [3.63, 3.8) is 0 Å². The number of aromatic nitrogens is 3. The second-order valence-corrected chi connectivity index (χ2v) is 7.53. The van der Waals surface area contributed by atoms with Crippen molar-refractivity contribution in [1.29, 1.82) is 5.41 Å². The minimum Gasteiger partial charge on any atom is -0.463 e. The minimum atomic E-state index is -1.37. The number of fused-ring (bicyclic) bond motifs is 1. The van der Waals surface area contributed by atoms with Crippen LogP contribution in [0, 0.1) is 11.3 Å². The van der Waals surface area contributed by atoms with E-state index in [-0.39, 0.29) is 39.2 Å². The number of aliphatic hydroxyl groups excluding tert-OH is 2. The van der Waals surface area contributed by atoms with Crippen LogP contribution in [0.25, 0.3) is 11.0 Å². The van der Waals surface area contributed by atoms with Crippen LogP contribution in [-0.4, -0.2) is 61.5 Å². The summed E-state index contributed by atoms with van der Waals surface area (Å²) >= 11 is 3.19. The highest BCUT2D eigenvalue weighted by atomic mass is 79.9. The number of hydrogen-bond acceptors (Lipinski definition) is 8. The summed E-state index contributed by atoms with van der Waals surface area (Å²) in [7, 11) is 0. The van der Waals surface area contributed by atoms with Crippen LogP contribution in [0.3, 0.4) is 0 Å². The number of nitrogens with zero attached hydrogens (tertiary/aromatic N) is 2. The summed E-state index contributed by atoms with van der Waals surface area (Å²) in [5.41, 5.74) is 5.47. The number of aromatic amines is 1. The molecule has 2 aromatic rings. The van der Waals surface area contributed by atoms with Crippen molar-refractivity contribution in [3.8, 4) is 0 Å². The molecule has 2 aromatic heterocycles. The summed E-state index contributed by atoms with van der Waals surface area (Å²) < 4.78 is 12.4. The van der Waals surface area contributed by atoms with E-state index in [4.69, 9.17) is 20.6 Å². The average molecular weight is 458 g/mol. The van der Waals surface area contributed by atoms with E-state index in [9.17, 15) is 19.8 Å². The molecule has 3 heterocycles. The molecule has 0 aliphatic carbocycles. The quantitative estimate of drug-likeness (QED) is 0.376. The van der Waals surface area contributed by atoms with Gasteiger partial charge in [-0.25, -0.2) is 4.98 Å². The Hall–Kier alpha value is -2.28. The molecule has 0 aromatic carbocycles. The zero-order valence-corrected chi connectivity index (χ0v) is 16.6. The summed E-state index contributed by atoms with van der Waals surface area (Å²) in [6.45, 7) is 3.11. The Labute approximate surface area is 167 Å². The van der Waals surface area contributed by atoms with Crippen LogP contribution in [-0.2, 0) is 14.3 Å². The zero-order chi connectivity index (χ0) is 20.7. The highest BCUT2D eigenvalue weighted by Gasteiger charge is 2.45. The smallest absolute Gasteiger partial charge is 0.308 e. The number of aliphatic hydroxyl groups is 2. The maximum absolute atomic E-state index is 11.7. The molecule has 6 N–H and O–H groups in total. The first-order valence-corrected chi connectivity index (χ1v) is 9.23. The number of primary amides is 1. The second-order valence-electron chi connectivity index (χ2n) is 6.73. The highest BCUT2D eigenvalue weighted by molar-refractivity contribution is 9.10. The molecule has 12 heteroatoms. The van der Waals surface area contributed by atoms with E-state index in [0.29, 0.717) is 0 Å². The molecular weight excluding hydrogens is 438 g/mol. The average Bonchev–Trinajstić information content (AvgIpc) is 3.12. The Morgan fingerprint density at radius 1 is 1.46 bits per heavy atom. The second kappa shape index (κ2) is 7.62. The van der Waals surface area contributed by atoms with Crippen LogP contribution >= 0.6 is 15.9 Å². The van der Waals surface area contributed by atoms with Gasteiger partial charge in [0.1, 0.15) is 36.9 Å². The van der Waals surface area contributed by atoms with Gasteiger partial charge in [-0.05, 0) is 15.9 Å². The molecule has 11 nitrogen and oxygen atoms in total. The van der Waals surface area contributed by atoms with Crippen LogP contribution in [0.15, 0.2) is 10.9 Å². The number of amides is 1. The molecule has 0 radical (unpaired) electrons. The van der Waals surface area contributed by atoms with Gasteiger partial charge in [0.05, 0.1) is 21.5 Å². The zero-order valence-electron chi connectivity index (χ0n) is 15.0. The third-order valence-corrected chi connectivity index (χ3v) is 5.05. The predicted molar refractivity (Wildman–Crippen MR) is 97.9 cm³/mol. The summed E-state index contributed by atoms with van der Waals surface area (Å²) in [4.78, 5) is 30.2. The molecule has 0 saturated carbocycles. The van der Waals surface area contributed by atoms with Gasteiger partial charge in [0, 0.05) is 0 Å². The Kier molecular flexibility index (Phi) is 5.57. The van der Waals surface area contributed by atoms with E-state index < -0.39 is 36.4 Å². The molecule has 0 bridgehead atoms. The molecule has 3 rings (SSSR count). The van der Waals surface area contributed by atoms with Crippen LogP contribution in [0.1, 0.15) is 30.4 Å². The van der Waals surface area contributed by atoms with Gasteiger partial charge in [-0.1, -0.05) is 13.8 Å². The maximum atomic E-state index is 11.7. The van der Waals surface area contributed by atoms with Crippen molar-refractivity contribution >= 4 is 38.8 Å². The first-order chi connectivity index (χ1) is 13.1. The molecule has 1 amide bonds. The number of nitrogens with one attached hydrogen (secondary N) is 2. The number of rotatable bonds is 5. The van der Waals surface area contributed by atoms with Gasteiger partial charge in [-0.3, -0.25) is 19.6 Å². The lowest BCUT2D eigenvalue weighted by Crippen LogP contribution is -2.35. The van der Waals surface area contributed by atoms with E-state index in [0.717, 1.165) is 0 Å². The Morgan fingerprint density at radius 2 is 2.14 bits per heavy atom. The lowest BCUT2D eigenvalue weighted by Gasteiger charge is -2.19. The van der Waals surface area contributed by atoms with Gasteiger partial charge in [-0.15, -0.1) is 0 Å². The van der Waals surface area contributed by atoms with Gasteiger partial charge in [0.2, 0.25) is 0 Å². The summed E-state index contributed by atoms with van der Waals surface area (Å²) in [6.07, 6.45) is -3.51. The van der Waals surface area contributed by atoms with E-state index in [1.54, 1.807) is 13.8 Å². The monoisotopic (exact) mass is 457 g/mol. The van der Waals surface area contributed by atoms with Crippen molar-refractivity contribution < 1.29 is 29.3 Å². The number of esters is 1. The fraction of sp³-hybridized carbons (Fsp3) is 0.500. The normalized spacial score (nSPS) is 24.8. The van der Waals surface area contributed by atoms with Gasteiger partial charge < -0.3 is 30.4 Å². The van der Waals surface area contributed by atoms with Gasteiger partial charge in [0.15, 0.2) is 11.7 Å². The number of H-pyrrole nitrogens is 1. The van der Waals surface area contributed by atoms with E-state index in [2.05, 4.69) is 25.9 Å². The number of hydrogen-bond donors (Lipinski definition) is 5. The lowest BCUT2D eigenvalue weighted by atomic mass is 10.1. The van der Waals surface area contributed by atoms with Crippen molar-refractivity contribution in [2.24, 2.45) is 11.7 Å². The molecule has 152 valence electrons. The number of nitrogens with two attached hydrogens (primary N) is 1. The standard InChI is InChI=1S/C16H20BrN5O6/c1-5(2)16(26)27-3-6-9(23)10(24)15(28-6)22-4-20-12(18)8-7(13(19)25)11(17)21-14(8)22/h4-6,9-10,15,18,21,23-24H,3H2,1-2H3,(H2,19,25)/t6-,9-,10+,15-/m0/s1. The van der Waals surface area contributed by atoms with Crippen molar-refractivity contribution in [2.45, 2.75) is 38.4 Å². The SMILES string of the molecule is CC(C)C(=O)OC[C@@H]1O[C@H](n2cnc(=N)c3c(C(N)=O)c(Br)[nH]c32)[C@H](O)[C@H]1O. The van der Waals surface area contributed by atoms with Crippen molar-refractivity contribution in [1.82, 2.24) is 14.5 Å². The minimum absolute atomic E-state index is 0.0392. The largest absolute Gasteiger partial charge is 0.463 e. The molecule has 4 atom stereocenters. The fourth-order valence-corrected chi connectivity index (χ4v) is 3.56. The van der Waals surface area contributed by atoms with E-state index in [1.807, 2.05) is 0 Å². The number of halogens is 1. The molecular formula is C16H20BrN5O6. The maximum Gasteiger partial charge on any atom is 0.308 e. The Morgan fingerprint density at radius 3 is 2.75 bits per heavy atom. The Balaban J connectivity index is 1.96. The van der Waals surface area contributed by atoms with Crippen LogP contribution in [0.4, 0.5) is 0 Å². The van der Waals surface area contributed by atoms with Gasteiger partial charge in [0.25, 0.3) is 5.91 Å². The third-order valence-electron chi connectivity index (χ3n) is 4.46. The number of carbonyl (C=O) groups is 2. The van der Waals surface area contributed by atoms with Crippen molar-refractivity contribution in [3.05, 3.63) is 22.0 Å². The van der Waals surface area contributed by atoms with Gasteiger partial charge in [-0.2, -0.15) is 0 Å². The molecule has 0 unspecified atom stereocenters. The molecule has 1 saturated heterocycles. The predicted octanol–water partition coefficient (Wildman–Crippen LogP) is -0.476. The topological polar surface area (TPSA) is 177 Å². The summed E-state index contributed by atoms with van der Waals surface area (Å²) in [5.74, 6) is -1.56. The summed E-state index contributed by atoms with van der Waals surface area (Å²) in [5, 5.41) is 28.8. The van der Waals surface area contributed by atoms with E-state index >= 15 is 0 Å². The number of ether oxygens (including phenoxy) is 2.